The highest BCUT2D eigenvalue weighted by Crippen LogP contribution is 2.01. The third-order valence-electron chi connectivity index (χ3n) is 3.46. The maximum absolute atomic E-state index is 12.0. The van der Waals surface area contributed by atoms with Gasteiger partial charge in [-0.2, -0.15) is 0 Å². The number of sulfonamides is 1. The Hall–Kier alpha value is -0.210. The van der Waals surface area contributed by atoms with Crippen molar-refractivity contribution in [3.05, 3.63) is 0 Å². The summed E-state index contributed by atoms with van der Waals surface area (Å²) in [4.78, 5) is 2.24. The average Bonchev–Trinajstić information content (AvgIpc) is 2.43. The minimum absolute atomic E-state index is 0.0497. The van der Waals surface area contributed by atoms with Crippen molar-refractivity contribution in [2.45, 2.75) is 39.2 Å². The van der Waals surface area contributed by atoms with Crippen LogP contribution in [-0.4, -0.2) is 71.0 Å². The van der Waals surface area contributed by atoms with Crippen LogP contribution in [0.3, 0.4) is 0 Å². The van der Waals surface area contributed by atoms with E-state index in [1.54, 1.807) is 0 Å². The molecule has 0 spiro atoms. The van der Waals surface area contributed by atoms with Gasteiger partial charge in [0.2, 0.25) is 10.0 Å². The van der Waals surface area contributed by atoms with E-state index in [4.69, 9.17) is 4.74 Å². The van der Waals surface area contributed by atoms with Gasteiger partial charge in [0.15, 0.2) is 0 Å². The van der Waals surface area contributed by atoms with Gasteiger partial charge in [-0.3, -0.25) is 4.90 Å². The summed E-state index contributed by atoms with van der Waals surface area (Å²) in [5.41, 5.74) is 0. The van der Waals surface area contributed by atoms with Crippen molar-refractivity contribution < 1.29 is 13.2 Å². The second kappa shape index (κ2) is 10.5. The lowest BCUT2D eigenvalue weighted by Gasteiger charge is -2.29. The molecule has 1 unspecified atom stereocenters. The van der Waals surface area contributed by atoms with Gasteiger partial charge in [-0.05, 0) is 39.3 Å². The largest absolute Gasteiger partial charge is 0.379 e. The first-order valence-electron chi connectivity index (χ1n) is 8.04. The molecular formula is C14H31N3O3S. The second-order valence-corrected chi connectivity index (χ2v) is 7.58. The van der Waals surface area contributed by atoms with Crippen LogP contribution in [0.2, 0.25) is 0 Å². The molecule has 6 nitrogen and oxygen atoms in total. The van der Waals surface area contributed by atoms with Crippen LogP contribution in [0.1, 0.15) is 33.1 Å². The highest BCUT2D eigenvalue weighted by atomic mass is 32.2. The van der Waals surface area contributed by atoms with Crippen molar-refractivity contribution in [3.8, 4) is 0 Å². The van der Waals surface area contributed by atoms with E-state index >= 15 is 0 Å². The van der Waals surface area contributed by atoms with Crippen LogP contribution in [-0.2, 0) is 14.8 Å². The molecule has 21 heavy (non-hydrogen) atoms. The summed E-state index contributed by atoms with van der Waals surface area (Å²) in [6.45, 7) is 9.95. The van der Waals surface area contributed by atoms with Crippen LogP contribution in [0.15, 0.2) is 0 Å². The van der Waals surface area contributed by atoms with Crippen LogP contribution in [0.4, 0.5) is 0 Å². The zero-order valence-corrected chi connectivity index (χ0v) is 14.3. The first kappa shape index (κ1) is 18.8. The normalized spacial score (nSPS) is 18.8. The Morgan fingerprint density at radius 3 is 2.57 bits per heavy atom. The van der Waals surface area contributed by atoms with Gasteiger partial charge < -0.3 is 10.1 Å². The zero-order chi connectivity index (χ0) is 15.6. The van der Waals surface area contributed by atoms with Gasteiger partial charge in [-0.25, -0.2) is 13.1 Å². The number of hydrogen-bond acceptors (Lipinski definition) is 5. The third kappa shape index (κ3) is 9.42. The van der Waals surface area contributed by atoms with E-state index in [9.17, 15) is 8.42 Å². The van der Waals surface area contributed by atoms with Crippen molar-refractivity contribution in [1.29, 1.82) is 0 Å². The fraction of sp³-hybridized carbons (Fsp3) is 1.00. The number of rotatable bonds is 11. The van der Waals surface area contributed by atoms with Gasteiger partial charge in [0.1, 0.15) is 0 Å². The van der Waals surface area contributed by atoms with Crippen molar-refractivity contribution in [2.75, 3.05) is 51.7 Å². The van der Waals surface area contributed by atoms with Gasteiger partial charge in [0.05, 0.1) is 19.0 Å². The van der Waals surface area contributed by atoms with E-state index in [2.05, 4.69) is 21.9 Å². The van der Waals surface area contributed by atoms with Crippen molar-refractivity contribution >= 4 is 10.0 Å². The van der Waals surface area contributed by atoms with E-state index in [0.29, 0.717) is 6.42 Å². The van der Waals surface area contributed by atoms with Gasteiger partial charge in [-0.1, -0.05) is 6.92 Å². The van der Waals surface area contributed by atoms with Gasteiger partial charge in [-0.15, -0.1) is 0 Å². The zero-order valence-electron chi connectivity index (χ0n) is 13.4. The Kier molecular flexibility index (Phi) is 9.42. The molecule has 1 fully saturated rings. The maximum atomic E-state index is 12.0. The van der Waals surface area contributed by atoms with E-state index in [0.717, 1.165) is 58.8 Å². The van der Waals surface area contributed by atoms with Crippen LogP contribution in [0.5, 0.6) is 0 Å². The molecule has 0 aromatic carbocycles. The fourth-order valence-electron chi connectivity index (χ4n) is 2.42. The Morgan fingerprint density at radius 1 is 1.19 bits per heavy atom. The molecule has 0 radical (unpaired) electrons. The molecule has 126 valence electrons. The molecule has 0 aromatic heterocycles. The lowest BCUT2D eigenvalue weighted by Crippen LogP contribution is -2.46. The predicted octanol–water partition coefficient (Wildman–Crippen LogP) is 0.406. The lowest BCUT2D eigenvalue weighted by molar-refractivity contribution is 0.0354. The Bertz CT molecular complexity index is 356. The van der Waals surface area contributed by atoms with E-state index in [1.807, 2.05) is 6.92 Å². The van der Waals surface area contributed by atoms with E-state index in [-0.39, 0.29) is 11.8 Å². The highest BCUT2D eigenvalue weighted by molar-refractivity contribution is 7.89. The van der Waals surface area contributed by atoms with Gasteiger partial charge in [0, 0.05) is 25.7 Å². The van der Waals surface area contributed by atoms with Crippen molar-refractivity contribution in [2.24, 2.45) is 0 Å². The summed E-state index contributed by atoms with van der Waals surface area (Å²) in [6, 6.07) is -0.0497. The molecule has 7 heteroatoms. The molecule has 0 saturated carbocycles. The highest BCUT2D eigenvalue weighted by Gasteiger charge is 2.18. The molecule has 0 amide bonds. The van der Waals surface area contributed by atoms with Crippen molar-refractivity contribution in [3.63, 3.8) is 0 Å². The van der Waals surface area contributed by atoms with Crippen molar-refractivity contribution in [1.82, 2.24) is 14.9 Å². The molecule has 0 aromatic rings. The number of hydrogen-bond donors (Lipinski definition) is 2. The molecule has 1 atom stereocenters. The number of unbranched alkanes of at least 4 members (excludes halogenated alkanes) is 1. The fourth-order valence-corrected chi connectivity index (χ4v) is 3.81. The minimum atomic E-state index is -3.16. The Labute approximate surface area is 129 Å². The number of ether oxygens (including phenoxy) is 1. The summed E-state index contributed by atoms with van der Waals surface area (Å²) >= 11 is 0. The van der Waals surface area contributed by atoms with Gasteiger partial charge >= 0.3 is 0 Å². The van der Waals surface area contributed by atoms with Gasteiger partial charge in [0.25, 0.3) is 0 Å². The lowest BCUT2D eigenvalue weighted by atomic mass is 10.3. The van der Waals surface area contributed by atoms with E-state index in [1.165, 1.54) is 0 Å². The van der Waals surface area contributed by atoms with Crippen LogP contribution >= 0.6 is 0 Å². The quantitative estimate of drug-likeness (QED) is 0.539. The average molecular weight is 321 g/mol. The molecule has 1 saturated heterocycles. The first-order valence-corrected chi connectivity index (χ1v) is 9.69. The summed E-state index contributed by atoms with van der Waals surface area (Å²) in [7, 11) is -3.16. The van der Waals surface area contributed by atoms with Crippen LogP contribution in [0.25, 0.3) is 0 Å². The molecule has 1 aliphatic rings. The second-order valence-electron chi connectivity index (χ2n) is 5.71. The molecule has 1 rings (SSSR count). The molecule has 1 heterocycles. The number of morpholine rings is 1. The molecule has 2 N–H and O–H groups in total. The maximum Gasteiger partial charge on any atom is 0.211 e. The summed E-state index contributed by atoms with van der Waals surface area (Å²) in [6.07, 6.45) is 2.72. The first-order chi connectivity index (χ1) is 10.0. The minimum Gasteiger partial charge on any atom is -0.379 e. The smallest absolute Gasteiger partial charge is 0.211 e. The molecule has 1 aliphatic heterocycles. The SMILES string of the molecule is CCCNCCCCS(=O)(=O)NC(C)CN1CCOCC1. The number of nitrogens with one attached hydrogen (secondary N) is 2. The molecule has 0 bridgehead atoms. The van der Waals surface area contributed by atoms with Crippen LogP contribution < -0.4 is 10.0 Å². The molecule has 0 aliphatic carbocycles. The summed E-state index contributed by atoms with van der Waals surface area (Å²) in [5, 5.41) is 3.28. The summed E-state index contributed by atoms with van der Waals surface area (Å²) < 4.78 is 32.1. The third-order valence-corrected chi connectivity index (χ3v) is 5.05. The van der Waals surface area contributed by atoms with Crippen LogP contribution in [0, 0.1) is 0 Å². The Balaban J connectivity index is 2.15. The monoisotopic (exact) mass is 321 g/mol. The molecular weight excluding hydrogens is 290 g/mol. The Morgan fingerprint density at radius 2 is 1.90 bits per heavy atom. The standard InChI is InChI=1S/C14H31N3O3S/c1-3-6-15-7-4-5-12-21(18,19)16-14(2)13-17-8-10-20-11-9-17/h14-16H,3-13H2,1-2H3. The topological polar surface area (TPSA) is 70.7 Å². The summed E-state index contributed by atoms with van der Waals surface area (Å²) in [5.74, 6) is 0.217. The van der Waals surface area contributed by atoms with E-state index < -0.39 is 10.0 Å². The number of nitrogens with zero attached hydrogens (tertiary/aromatic N) is 1. The predicted molar refractivity (Wildman–Crippen MR) is 86.0 cm³/mol.